The van der Waals surface area contributed by atoms with Gasteiger partial charge >= 0.3 is 5.97 Å². The van der Waals surface area contributed by atoms with Crippen LogP contribution < -0.4 is 10.9 Å². The van der Waals surface area contributed by atoms with E-state index in [1.165, 1.54) is 10.8 Å². The van der Waals surface area contributed by atoms with Gasteiger partial charge in [-0.05, 0) is 31.4 Å². The Morgan fingerprint density at radius 1 is 1.07 bits per heavy atom. The van der Waals surface area contributed by atoms with E-state index < -0.39 is 17.1 Å². The summed E-state index contributed by atoms with van der Waals surface area (Å²) < 4.78 is 6.48. The van der Waals surface area contributed by atoms with Crippen molar-refractivity contribution in [2.45, 2.75) is 39.0 Å². The molecule has 1 heterocycles. The zero-order valence-corrected chi connectivity index (χ0v) is 17.7. The van der Waals surface area contributed by atoms with Crippen molar-refractivity contribution in [1.82, 2.24) is 9.55 Å². The van der Waals surface area contributed by atoms with Crippen LogP contribution in [0.4, 0.5) is 5.82 Å². The van der Waals surface area contributed by atoms with E-state index in [0.717, 1.165) is 11.1 Å². The maximum Gasteiger partial charge on any atom is 0.326 e. The summed E-state index contributed by atoms with van der Waals surface area (Å²) in [6.07, 6.45) is 2.02. The van der Waals surface area contributed by atoms with Crippen LogP contribution in [0.1, 0.15) is 25.0 Å². The zero-order valence-electron chi connectivity index (χ0n) is 17.0. The lowest BCUT2D eigenvalue weighted by molar-refractivity contribution is -0.145. The molecule has 0 bridgehead atoms. The number of carbonyl (C=O) groups excluding carboxylic acids is 1. The summed E-state index contributed by atoms with van der Waals surface area (Å²) in [6, 6.07) is 19.3. The first-order chi connectivity index (χ1) is 14.3. The fourth-order valence-electron chi connectivity index (χ4n) is 3.10. The summed E-state index contributed by atoms with van der Waals surface area (Å²) in [7, 11) is 0. The van der Waals surface area contributed by atoms with Gasteiger partial charge in [-0.3, -0.25) is 14.2 Å². The van der Waals surface area contributed by atoms with E-state index >= 15 is 0 Å². The van der Waals surface area contributed by atoms with Gasteiger partial charge in [-0.25, -0.2) is 4.98 Å². The number of carbonyl (C=O) groups is 1. The average Bonchev–Trinajstić information content (AvgIpc) is 2.71. The number of nitrogens with one attached hydrogen (secondary N) is 1. The first-order valence-corrected chi connectivity index (χ1v) is 9.99. The number of hydrogen-bond acceptors (Lipinski definition) is 5. The number of aromatic nitrogens is 2. The molecular weight excluding hydrogens is 402 g/mol. The summed E-state index contributed by atoms with van der Waals surface area (Å²) in [5.41, 5.74) is 1.11. The largest absolute Gasteiger partial charge is 0.459 e. The van der Waals surface area contributed by atoms with Crippen LogP contribution in [0, 0.1) is 0 Å². The molecule has 0 saturated carbocycles. The third-order valence-electron chi connectivity index (χ3n) is 4.43. The van der Waals surface area contributed by atoms with Gasteiger partial charge in [0.2, 0.25) is 0 Å². The molecule has 1 N–H and O–H groups in total. The molecule has 3 rings (SSSR count). The highest BCUT2D eigenvalue weighted by molar-refractivity contribution is 6.29. The second-order valence-corrected chi connectivity index (χ2v) is 8.05. The molecule has 1 aromatic heterocycles. The molecule has 0 aliphatic heterocycles. The minimum Gasteiger partial charge on any atom is -0.459 e. The molecule has 0 spiro atoms. The van der Waals surface area contributed by atoms with Crippen molar-refractivity contribution in [3.8, 4) is 0 Å². The minimum atomic E-state index is -0.530. The maximum atomic E-state index is 12.8. The predicted octanol–water partition coefficient (Wildman–Crippen LogP) is 4.07. The standard InChI is InChI=1S/C23H24ClN3O3/c1-23(2,13-17-9-5-3-6-10-17)26-21-22(29)27(14-19(24)25-21)15-20(28)30-16-18-11-7-4-8-12-18/h3-12,14H,13,15-16H2,1-2H3,(H,25,26). The molecule has 0 radical (unpaired) electrons. The van der Waals surface area contributed by atoms with E-state index in [-0.39, 0.29) is 24.1 Å². The second kappa shape index (κ2) is 9.59. The lowest BCUT2D eigenvalue weighted by atomic mass is 9.95. The Morgan fingerprint density at radius 3 is 2.30 bits per heavy atom. The monoisotopic (exact) mass is 425 g/mol. The smallest absolute Gasteiger partial charge is 0.326 e. The van der Waals surface area contributed by atoms with Crippen LogP contribution in [0.3, 0.4) is 0 Å². The summed E-state index contributed by atoms with van der Waals surface area (Å²) in [6.45, 7) is 3.84. The topological polar surface area (TPSA) is 73.2 Å². The molecule has 0 atom stereocenters. The number of benzene rings is 2. The van der Waals surface area contributed by atoms with Gasteiger partial charge in [0.15, 0.2) is 5.82 Å². The number of nitrogens with zero attached hydrogens (tertiary/aromatic N) is 2. The lowest BCUT2D eigenvalue weighted by Gasteiger charge is -2.27. The van der Waals surface area contributed by atoms with E-state index in [9.17, 15) is 9.59 Å². The van der Waals surface area contributed by atoms with Gasteiger partial charge < -0.3 is 10.1 Å². The van der Waals surface area contributed by atoms with Crippen LogP contribution in [0.2, 0.25) is 5.15 Å². The maximum absolute atomic E-state index is 12.8. The Bertz CT molecular complexity index is 1050. The summed E-state index contributed by atoms with van der Waals surface area (Å²) >= 11 is 6.10. The molecule has 0 fully saturated rings. The van der Waals surface area contributed by atoms with Crippen molar-refractivity contribution in [3.05, 3.63) is 93.5 Å². The van der Waals surface area contributed by atoms with Gasteiger partial charge in [0.25, 0.3) is 5.56 Å². The predicted molar refractivity (Wildman–Crippen MR) is 118 cm³/mol. The fraction of sp³-hybridized carbons (Fsp3) is 0.261. The van der Waals surface area contributed by atoms with E-state index in [2.05, 4.69) is 10.3 Å². The van der Waals surface area contributed by atoms with Gasteiger partial charge in [0.05, 0.1) is 0 Å². The number of anilines is 1. The van der Waals surface area contributed by atoms with Gasteiger partial charge in [-0.1, -0.05) is 72.3 Å². The first kappa shape index (κ1) is 21.6. The number of ether oxygens (including phenoxy) is 1. The Balaban J connectivity index is 1.70. The molecule has 0 aliphatic carbocycles. The fourth-order valence-corrected chi connectivity index (χ4v) is 3.30. The molecular formula is C23H24ClN3O3. The van der Waals surface area contributed by atoms with E-state index in [4.69, 9.17) is 16.3 Å². The van der Waals surface area contributed by atoms with Crippen LogP contribution in [0.15, 0.2) is 71.7 Å². The van der Waals surface area contributed by atoms with Crippen molar-refractivity contribution < 1.29 is 9.53 Å². The van der Waals surface area contributed by atoms with Crippen LogP contribution in [0.25, 0.3) is 0 Å². The Labute approximate surface area is 180 Å². The lowest BCUT2D eigenvalue weighted by Crippen LogP contribution is -2.38. The summed E-state index contributed by atoms with van der Waals surface area (Å²) in [5.74, 6) is -0.433. The summed E-state index contributed by atoms with van der Waals surface area (Å²) in [5, 5.41) is 3.28. The van der Waals surface area contributed by atoms with E-state index in [0.29, 0.717) is 6.42 Å². The molecule has 0 amide bonds. The molecule has 0 aliphatic rings. The van der Waals surface area contributed by atoms with Gasteiger partial charge in [-0.2, -0.15) is 0 Å². The second-order valence-electron chi connectivity index (χ2n) is 7.66. The Morgan fingerprint density at radius 2 is 1.67 bits per heavy atom. The molecule has 2 aromatic carbocycles. The Hall–Kier alpha value is -3.12. The molecule has 0 saturated heterocycles. The van der Waals surface area contributed by atoms with E-state index in [1.807, 2.05) is 74.5 Å². The first-order valence-electron chi connectivity index (χ1n) is 9.61. The number of hydrogen-bond donors (Lipinski definition) is 1. The quantitative estimate of drug-likeness (QED) is 0.550. The summed E-state index contributed by atoms with van der Waals surface area (Å²) in [4.78, 5) is 29.2. The number of esters is 1. The van der Waals surface area contributed by atoms with Gasteiger partial charge in [0, 0.05) is 11.7 Å². The van der Waals surface area contributed by atoms with Crippen LogP contribution >= 0.6 is 11.6 Å². The van der Waals surface area contributed by atoms with Crippen LogP contribution in [0.5, 0.6) is 0 Å². The average molecular weight is 426 g/mol. The highest BCUT2D eigenvalue weighted by Gasteiger charge is 2.22. The zero-order chi connectivity index (χ0) is 21.6. The van der Waals surface area contributed by atoms with Crippen molar-refractivity contribution in [3.63, 3.8) is 0 Å². The van der Waals surface area contributed by atoms with Crippen molar-refractivity contribution in [2.75, 3.05) is 5.32 Å². The molecule has 7 heteroatoms. The van der Waals surface area contributed by atoms with Crippen LogP contribution in [-0.2, 0) is 29.1 Å². The molecule has 0 unspecified atom stereocenters. The third kappa shape index (κ3) is 6.19. The highest BCUT2D eigenvalue weighted by Crippen LogP contribution is 2.17. The normalized spacial score (nSPS) is 11.2. The van der Waals surface area contributed by atoms with Gasteiger partial charge in [0.1, 0.15) is 18.3 Å². The molecule has 3 aromatic rings. The molecule has 156 valence electrons. The van der Waals surface area contributed by atoms with Crippen molar-refractivity contribution in [1.29, 1.82) is 0 Å². The van der Waals surface area contributed by atoms with E-state index in [1.54, 1.807) is 0 Å². The number of halogens is 1. The minimum absolute atomic E-state index is 0.0966. The molecule has 30 heavy (non-hydrogen) atoms. The van der Waals surface area contributed by atoms with Crippen molar-refractivity contribution in [2.24, 2.45) is 0 Å². The SMILES string of the molecule is CC(C)(Cc1ccccc1)Nc1nc(Cl)cn(CC(=O)OCc2ccccc2)c1=O. The number of rotatable bonds is 8. The Kier molecular flexibility index (Phi) is 6.90. The molecule has 6 nitrogen and oxygen atoms in total. The highest BCUT2D eigenvalue weighted by atomic mass is 35.5. The van der Waals surface area contributed by atoms with Crippen LogP contribution in [-0.4, -0.2) is 21.1 Å². The van der Waals surface area contributed by atoms with Crippen molar-refractivity contribution >= 4 is 23.4 Å². The third-order valence-corrected chi connectivity index (χ3v) is 4.61. The van der Waals surface area contributed by atoms with Gasteiger partial charge in [-0.15, -0.1) is 0 Å².